The number of carbonyl (C=O) groups excluding carboxylic acids is 1. The van der Waals surface area contributed by atoms with Crippen molar-refractivity contribution in [3.63, 3.8) is 0 Å². The Morgan fingerprint density at radius 2 is 1.68 bits per heavy atom. The zero-order valence-electron chi connectivity index (χ0n) is 19.6. The Hall–Kier alpha value is -4.00. The molecule has 1 aromatic heterocycles. The molecule has 0 aliphatic heterocycles. The molecule has 0 bridgehead atoms. The standard InChI is InChI=1S/C30H21BrClN3O2/c31-23-10-6-20(7-11-23)18-33-35-30(36)19-37-25-13-8-22(9-14-25)29-17-26(21-4-2-1-3-5-21)27-16-24(32)12-15-28(27)34-29/h1-18H,19H2,(H,35,36)/b33-18+. The molecule has 0 fully saturated rings. The Kier molecular flexibility index (Phi) is 7.59. The maximum absolute atomic E-state index is 12.1. The third kappa shape index (κ3) is 6.23. The number of hydrazone groups is 1. The highest BCUT2D eigenvalue weighted by atomic mass is 79.9. The van der Waals surface area contributed by atoms with E-state index in [4.69, 9.17) is 21.3 Å². The lowest BCUT2D eigenvalue weighted by atomic mass is 9.98. The van der Waals surface area contributed by atoms with E-state index in [1.807, 2.05) is 84.9 Å². The largest absolute Gasteiger partial charge is 0.484 e. The molecule has 5 rings (SSSR count). The second-order valence-electron chi connectivity index (χ2n) is 8.24. The van der Waals surface area contributed by atoms with Crippen LogP contribution in [0.5, 0.6) is 5.75 Å². The molecular weight excluding hydrogens is 550 g/mol. The van der Waals surface area contributed by atoms with Crippen LogP contribution in [0, 0.1) is 0 Å². The normalized spacial score (nSPS) is 11.1. The van der Waals surface area contributed by atoms with Gasteiger partial charge in [-0.2, -0.15) is 5.10 Å². The molecule has 0 radical (unpaired) electrons. The molecule has 1 N–H and O–H groups in total. The van der Waals surface area contributed by atoms with Gasteiger partial charge in [0, 0.05) is 20.4 Å². The molecule has 0 saturated carbocycles. The summed E-state index contributed by atoms with van der Waals surface area (Å²) in [5.74, 6) is 0.228. The van der Waals surface area contributed by atoms with Gasteiger partial charge in [-0.05, 0) is 77.4 Å². The van der Waals surface area contributed by atoms with Crippen LogP contribution in [0.4, 0.5) is 0 Å². The van der Waals surface area contributed by atoms with Crippen molar-refractivity contribution in [2.75, 3.05) is 6.61 Å². The van der Waals surface area contributed by atoms with Crippen molar-refractivity contribution in [2.45, 2.75) is 0 Å². The maximum atomic E-state index is 12.1. The molecule has 182 valence electrons. The molecule has 0 unspecified atom stereocenters. The van der Waals surface area contributed by atoms with Crippen LogP contribution in [0.15, 0.2) is 113 Å². The van der Waals surface area contributed by atoms with Crippen molar-refractivity contribution >= 4 is 50.6 Å². The van der Waals surface area contributed by atoms with Crippen LogP contribution >= 0.6 is 27.5 Å². The molecule has 7 heteroatoms. The Bertz CT molecular complexity index is 1570. The fraction of sp³-hybridized carbons (Fsp3) is 0.0333. The summed E-state index contributed by atoms with van der Waals surface area (Å²) in [6.07, 6.45) is 1.58. The second kappa shape index (κ2) is 11.4. The van der Waals surface area contributed by atoms with Crippen molar-refractivity contribution in [3.8, 4) is 28.1 Å². The number of nitrogens with zero attached hydrogens (tertiary/aromatic N) is 2. The van der Waals surface area contributed by atoms with E-state index in [0.29, 0.717) is 10.8 Å². The molecule has 0 atom stereocenters. The van der Waals surface area contributed by atoms with Gasteiger partial charge in [0.25, 0.3) is 5.91 Å². The lowest BCUT2D eigenvalue weighted by molar-refractivity contribution is -0.123. The Labute approximate surface area is 227 Å². The zero-order valence-corrected chi connectivity index (χ0v) is 21.9. The summed E-state index contributed by atoms with van der Waals surface area (Å²) in [7, 11) is 0. The van der Waals surface area contributed by atoms with Crippen LogP contribution in [0.3, 0.4) is 0 Å². The Morgan fingerprint density at radius 1 is 0.919 bits per heavy atom. The summed E-state index contributed by atoms with van der Waals surface area (Å²) >= 11 is 9.67. The quantitative estimate of drug-likeness (QED) is 0.163. The first kappa shape index (κ1) is 24.7. The highest BCUT2D eigenvalue weighted by Crippen LogP contribution is 2.33. The van der Waals surface area contributed by atoms with Crippen molar-refractivity contribution in [2.24, 2.45) is 5.10 Å². The van der Waals surface area contributed by atoms with Crippen molar-refractivity contribution < 1.29 is 9.53 Å². The summed E-state index contributed by atoms with van der Waals surface area (Å²) in [5, 5.41) is 5.63. The van der Waals surface area contributed by atoms with E-state index in [2.05, 4.69) is 44.7 Å². The summed E-state index contributed by atoms with van der Waals surface area (Å²) in [5.41, 5.74) is 8.13. The van der Waals surface area contributed by atoms with Gasteiger partial charge in [-0.25, -0.2) is 10.4 Å². The molecule has 37 heavy (non-hydrogen) atoms. The van der Waals surface area contributed by atoms with E-state index in [9.17, 15) is 4.79 Å². The molecule has 0 aliphatic carbocycles. The van der Waals surface area contributed by atoms with E-state index in [-0.39, 0.29) is 12.5 Å². The van der Waals surface area contributed by atoms with Gasteiger partial charge >= 0.3 is 0 Å². The number of aromatic nitrogens is 1. The predicted octanol–water partition coefficient (Wildman–Crippen LogP) is 7.51. The number of halogens is 2. The fourth-order valence-corrected chi connectivity index (χ4v) is 4.27. The first-order valence-corrected chi connectivity index (χ1v) is 12.7. The number of hydrogen-bond acceptors (Lipinski definition) is 4. The number of hydrogen-bond donors (Lipinski definition) is 1. The molecular formula is C30H21BrClN3O2. The van der Waals surface area contributed by atoms with Crippen LogP contribution in [-0.2, 0) is 4.79 Å². The molecule has 0 saturated heterocycles. The van der Waals surface area contributed by atoms with Crippen molar-refractivity contribution in [1.82, 2.24) is 10.4 Å². The van der Waals surface area contributed by atoms with Gasteiger partial charge in [0.05, 0.1) is 17.4 Å². The number of carbonyl (C=O) groups is 1. The van der Waals surface area contributed by atoms with E-state index in [1.165, 1.54) is 0 Å². The molecule has 1 heterocycles. The number of ether oxygens (including phenoxy) is 1. The van der Waals surface area contributed by atoms with Gasteiger partial charge in [0.1, 0.15) is 5.75 Å². The number of rotatable bonds is 7. The maximum Gasteiger partial charge on any atom is 0.277 e. The average molecular weight is 571 g/mol. The lowest BCUT2D eigenvalue weighted by Gasteiger charge is -2.11. The van der Waals surface area contributed by atoms with Gasteiger partial charge in [-0.15, -0.1) is 0 Å². The number of benzene rings is 4. The van der Waals surface area contributed by atoms with E-state index in [1.54, 1.807) is 6.21 Å². The third-order valence-electron chi connectivity index (χ3n) is 5.65. The topological polar surface area (TPSA) is 63.6 Å². The Morgan fingerprint density at radius 3 is 2.43 bits per heavy atom. The zero-order chi connectivity index (χ0) is 25.6. The van der Waals surface area contributed by atoms with Gasteiger partial charge in [-0.3, -0.25) is 4.79 Å². The first-order chi connectivity index (χ1) is 18.0. The van der Waals surface area contributed by atoms with Crippen molar-refractivity contribution in [3.05, 3.63) is 118 Å². The van der Waals surface area contributed by atoms with Crippen molar-refractivity contribution in [1.29, 1.82) is 0 Å². The van der Waals surface area contributed by atoms with Crippen LogP contribution in [0.1, 0.15) is 5.56 Å². The second-order valence-corrected chi connectivity index (χ2v) is 9.59. The van der Waals surface area contributed by atoms with E-state index in [0.717, 1.165) is 43.3 Å². The summed E-state index contributed by atoms with van der Waals surface area (Å²) in [6, 6.07) is 33.1. The minimum Gasteiger partial charge on any atom is -0.484 e. The number of amides is 1. The van der Waals surface area contributed by atoms with Crippen LogP contribution in [-0.4, -0.2) is 23.7 Å². The van der Waals surface area contributed by atoms with Crippen LogP contribution in [0.25, 0.3) is 33.3 Å². The molecule has 1 amide bonds. The monoisotopic (exact) mass is 569 g/mol. The van der Waals surface area contributed by atoms with Gasteiger partial charge in [0.15, 0.2) is 6.61 Å². The summed E-state index contributed by atoms with van der Waals surface area (Å²) in [4.78, 5) is 17.0. The number of nitrogens with one attached hydrogen (secondary N) is 1. The molecule has 4 aromatic carbocycles. The average Bonchev–Trinajstić information content (AvgIpc) is 2.93. The number of fused-ring (bicyclic) bond motifs is 1. The fourth-order valence-electron chi connectivity index (χ4n) is 3.83. The number of pyridine rings is 1. The van der Waals surface area contributed by atoms with Gasteiger partial charge < -0.3 is 4.74 Å². The van der Waals surface area contributed by atoms with Crippen LogP contribution in [0.2, 0.25) is 5.02 Å². The highest BCUT2D eigenvalue weighted by Gasteiger charge is 2.11. The summed E-state index contributed by atoms with van der Waals surface area (Å²) in [6.45, 7) is -0.149. The van der Waals surface area contributed by atoms with E-state index < -0.39 is 0 Å². The SMILES string of the molecule is O=C(COc1ccc(-c2cc(-c3ccccc3)c3cc(Cl)ccc3n2)cc1)N/N=C/c1ccc(Br)cc1. The van der Waals surface area contributed by atoms with Gasteiger partial charge in [-0.1, -0.05) is 70.0 Å². The minimum absolute atomic E-state index is 0.149. The molecule has 0 aliphatic rings. The Balaban J connectivity index is 1.28. The first-order valence-electron chi connectivity index (χ1n) is 11.5. The smallest absolute Gasteiger partial charge is 0.277 e. The molecule has 5 aromatic rings. The van der Waals surface area contributed by atoms with E-state index >= 15 is 0 Å². The molecule has 5 nitrogen and oxygen atoms in total. The van der Waals surface area contributed by atoms with Gasteiger partial charge in [0.2, 0.25) is 0 Å². The molecule has 0 spiro atoms. The summed E-state index contributed by atoms with van der Waals surface area (Å²) < 4.78 is 6.60. The minimum atomic E-state index is -0.347. The van der Waals surface area contributed by atoms with Crippen LogP contribution < -0.4 is 10.2 Å². The highest BCUT2D eigenvalue weighted by molar-refractivity contribution is 9.10. The lowest BCUT2D eigenvalue weighted by Crippen LogP contribution is -2.24. The predicted molar refractivity (Wildman–Crippen MR) is 153 cm³/mol. The third-order valence-corrected chi connectivity index (χ3v) is 6.41.